The number of hydrogen-bond donors (Lipinski definition) is 1. The molecule has 0 saturated heterocycles. The van der Waals surface area contributed by atoms with Gasteiger partial charge in [0.05, 0.1) is 5.69 Å². The van der Waals surface area contributed by atoms with Crippen LogP contribution in [0.1, 0.15) is 50.5 Å². The Morgan fingerprint density at radius 2 is 2.04 bits per heavy atom. The lowest BCUT2D eigenvalue weighted by Crippen LogP contribution is -2.31. The summed E-state index contributed by atoms with van der Waals surface area (Å²) in [4.78, 5) is 32.3. The number of amides is 2. The molecule has 1 aromatic heterocycles. The van der Waals surface area contributed by atoms with E-state index in [1.54, 1.807) is 0 Å². The number of nitrogens with one attached hydrogen (secondary N) is 1. The monoisotopic (exact) mass is 397 g/mol. The molecule has 0 spiro atoms. The van der Waals surface area contributed by atoms with E-state index in [9.17, 15) is 9.59 Å². The molecule has 2 aromatic rings. The van der Waals surface area contributed by atoms with E-state index in [-0.39, 0.29) is 23.1 Å². The SMILES string of the molecule is Cc1sc(NC(=O)C2CC2)nc1-c1ccc2c(c1)CCN2C(=O)CC(C)(C)C. The van der Waals surface area contributed by atoms with Gasteiger partial charge in [0.2, 0.25) is 11.8 Å². The van der Waals surface area contributed by atoms with E-state index >= 15 is 0 Å². The first-order valence-corrected chi connectivity index (χ1v) is 10.7. The average Bonchev–Trinajstić information content (AvgIpc) is 3.27. The third kappa shape index (κ3) is 3.97. The molecule has 1 saturated carbocycles. The van der Waals surface area contributed by atoms with E-state index in [0.717, 1.165) is 47.6 Å². The van der Waals surface area contributed by atoms with Crippen LogP contribution in [0, 0.1) is 18.3 Å². The van der Waals surface area contributed by atoms with Gasteiger partial charge < -0.3 is 10.2 Å². The van der Waals surface area contributed by atoms with Gasteiger partial charge in [-0.15, -0.1) is 11.3 Å². The number of carbonyl (C=O) groups excluding carboxylic acids is 2. The minimum Gasteiger partial charge on any atom is -0.312 e. The van der Waals surface area contributed by atoms with Gasteiger partial charge >= 0.3 is 0 Å². The predicted molar refractivity (Wildman–Crippen MR) is 114 cm³/mol. The normalized spacial score (nSPS) is 16.2. The van der Waals surface area contributed by atoms with Crippen LogP contribution < -0.4 is 10.2 Å². The van der Waals surface area contributed by atoms with E-state index in [4.69, 9.17) is 0 Å². The van der Waals surface area contributed by atoms with Crippen LogP contribution >= 0.6 is 11.3 Å². The first-order chi connectivity index (χ1) is 13.2. The van der Waals surface area contributed by atoms with Crippen LogP contribution in [-0.4, -0.2) is 23.3 Å². The number of carbonyl (C=O) groups is 2. The molecule has 2 amide bonds. The Morgan fingerprint density at radius 3 is 2.71 bits per heavy atom. The molecule has 2 heterocycles. The number of aryl methyl sites for hydroxylation is 1. The molecule has 6 heteroatoms. The zero-order valence-corrected chi connectivity index (χ0v) is 17.8. The molecule has 1 fully saturated rings. The molecule has 1 aromatic carbocycles. The summed E-state index contributed by atoms with van der Waals surface area (Å²) in [6.45, 7) is 9.05. The molecule has 1 aliphatic heterocycles. The topological polar surface area (TPSA) is 62.3 Å². The standard InChI is InChI=1S/C22H27N3O2S/c1-13-19(23-21(28-13)24-20(27)14-5-6-14)16-7-8-17-15(11-16)9-10-25(17)18(26)12-22(2,3)4/h7-8,11,14H,5-6,9-10,12H2,1-4H3,(H,23,24,27). The fourth-order valence-corrected chi connectivity index (χ4v) is 4.47. The van der Waals surface area contributed by atoms with Crippen LogP contribution in [0.5, 0.6) is 0 Å². The number of nitrogens with zero attached hydrogens (tertiary/aromatic N) is 2. The highest BCUT2D eigenvalue weighted by molar-refractivity contribution is 7.16. The molecular formula is C22H27N3O2S. The number of rotatable bonds is 4. The van der Waals surface area contributed by atoms with Gasteiger partial charge in [-0.25, -0.2) is 4.98 Å². The fourth-order valence-electron chi connectivity index (χ4n) is 3.63. The van der Waals surface area contributed by atoms with Crippen molar-refractivity contribution in [2.24, 2.45) is 11.3 Å². The van der Waals surface area contributed by atoms with Crippen LogP contribution in [0.4, 0.5) is 10.8 Å². The minimum atomic E-state index is -0.0151. The number of hydrogen-bond acceptors (Lipinski definition) is 4. The van der Waals surface area contributed by atoms with Gasteiger partial charge in [0.1, 0.15) is 0 Å². The van der Waals surface area contributed by atoms with E-state index in [2.05, 4.69) is 37.1 Å². The minimum absolute atomic E-state index is 0.0151. The van der Waals surface area contributed by atoms with Crippen molar-refractivity contribution in [3.63, 3.8) is 0 Å². The zero-order valence-electron chi connectivity index (χ0n) is 17.0. The molecule has 2 aliphatic rings. The van der Waals surface area contributed by atoms with Crippen molar-refractivity contribution in [2.75, 3.05) is 16.8 Å². The summed E-state index contributed by atoms with van der Waals surface area (Å²) < 4.78 is 0. The van der Waals surface area contributed by atoms with Gasteiger partial charge in [-0.05, 0) is 49.3 Å². The average molecular weight is 398 g/mol. The Hall–Kier alpha value is -2.21. The number of anilines is 2. The van der Waals surface area contributed by atoms with Crippen molar-refractivity contribution >= 4 is 34.0 Å². The van der Waals surface area contributed by atoms with Gasteiger partial charge in [0.15, 0.2) is 5.13 Å². The molecule has 28 heavy (non-hydrogen) atoms. The van der Waals surface area contributed by atoms with Crippen LogP contribution in [-0.2, 0) is 16.0 Å². The first-order valence-electron chi connectivity index (χ1n) is 9.93. The van der Waals surface area contributed by atoms with Gasteiger partial charge in [-0.3, -0.25) is 9.59 Å². The molecule has 5 nitrogen and oxygen atoms in total. The largest absolute Gasteiger partial charge is 0.312 e. The Labute approximate surface area is 170 Å². The van der Waals surface area contributed by atoms with Gasteiger partial charge in [-0.2, -0.15) is 0 Å². The molecule has 0 atom stereocenters. The van der Waals surface area contributed by atoms with Crippen molar-refractivity contribution in [1.29, 1.82) is 0 Å². The van der Waals surface area contributed by atoms with Gasteiger partial charge in [-0.1, -0.05) is 26.8 Å². The van der Waals surface area contributed by atoms with E-state index in [1.807, 2.05) is 24.0 Å². The molecule has 0 radical (unpaired) electrons. The second kappa shape index (κ2) is 6.99. The molecule has 4 rings (SSSR count). The second-order valence-electron chi connectivity index (χ2n) is 9.06. The van der Waals surface area contributed by atoms with Crippen LogP contribution in [0.3, 0.4) is 0 Å². The lowest BCUT2D eigenvalue weighted by atomic mass is 9.91. The molecule has 148 valence electrons. The molecule has 1 N–H and O–H groups in total. The Morgan fingerprint density at radius 1 is 1.29 bits per heavy atom. The number of thiazole rings is 1. The third-order valence-electron chi connectivity index (χ3n) is 5.21. The highest BCUT2D eigenvalue weighted by Crippen LogP contribution is 2.37. The quantitative estimate of drug-likeness (QED) is 0.807. The molecule has 1 aliphatic carbocycles. The lowest BCUT2D eigenvalue weighted by Gasteiger charge is -2.23. The summed E-state index contributed by atoms with van der Waals surface area (Å²) >= 11 is 1.52. The second-order valence-corrected chi connectivity index (χ2v) is 10.3. The van der Waals surface area contributed by atoms with Crippen molar-refractivity contribution < 1.29 is 9.59 Å². The van der Waals surface area contributed by atoms with Crippen LogP contribution in [0.15, 0.2) is 18.2 Å². The molecular weight excluding hydrogens is 370 g/mol. The summed E-state index contributed by atoms with van der Waals surface area (Å²) in [5.74, 6) is 0.445. The maximum atomic E-state index is 12.7. The van der Waals surface area contributed by atoms with Gasteiger partial charge in [0.25, 0.3) is 0 Å². The third-order valence-corrected chi connectivity index (χ3v) is 6.09. The predicted octanol–water partition coefficient (Wildman–Crippen LogP) is 4.79. The van der Waals surface area contributed by atoms with Crippen LogP contribution in [0.2, 0.25) is 0 Å². The molecule has 0 unspecified atom stereocenters. The Kier molecular flexibility index (Phi) is 4.78. The number of aromatic nitrogens is 1. The Balaban J connectivity index is 1.54. The highest BCUT2D eigenvalue weighted by Gasteiger charge is 2.31. The van der Waals surface area contributed by atoms with Crippen molar-refractivity contribution in [2.45, 2.75) is 53.4 Å². The van der Waals surface area contributed by atoms with Gasteiger partial charge in [0, 0.05) is 35.0 Å². The Bertz CT molecular complexity index is 938. The maximum absolute atomic E-state index is 12.7. The fraction of sp³-hybridized carbons (Fsp3) is 0.500. The number of fused-ring (bicyclic) bond motifs is 1. The smallest absolute Gasteiger partial charge is 0.229 e. The highest BCUT2D eigenvalue weighted by atomic mass is 32.1. The van der Waals surface area contributed by atoms with Crippen LogP contribution in [0.25, 0.3) is 11.3 Å². The first kappa shape index (κ1) is 19.1. The summed E-state index contributed by atoms with van der Waals surface area (Å²) in [5, 5.41) is 3.62. The van der Waals surface area contributed by atoms with Crippen molar-refractivity contribution in [3.8, 4) is 11.3 Å². The number of benzene rings is 1. The van der Waals surface area contributed by atoms with Crippen molar-refractivity contribution in [3.05, 3.63) is 28.6 Å². The van der Waals surface area contributed by atoms with E-state index in [1.165, 1.54) is 16.9 Å². The van der Waals surface area contributed by atoms with E-state index < -0.39 is 0 Å². The van der Waals surface area contributed by atoms with Crippen molar-refractivity contribution in [1.82, 2.24) is 4.98 Å². The summed E-state index contributed by atoms with van der Waals surface area (Å²) in [6.07, 6.45) is 3.38. The molecule has 0 bridgehead atoms. The zero-order chi connectivity index (χ0) is 20.1. The summed E-state index contributed by atoms with van der Waals surface area (Å²) in [6, 6.07) is 6.23. The van der Waals surface area contributed by atoms with E-state index in [0.29, 0.717) is 11.6 Å². The maximum Gasteiger partial charge on any atom is 0.229 e. The summed E-state index contributed by atoms with van der Waals surface area (Å²) in [7, 11) is 0. The summed E-state index contributed by atoms with van der Waals surface area (Å²) in [5.41, 5.74) is 4.16. The lowest BCUT2D eigenvalue weighted by molar-refractivity contribution is -0.120.